The molecule has 0 unspecified atom stereocenters. The first-order chi connectivity index (χ1) is 7.24. The third kappa shape index (κ3) is 4.37. The van der Waals surface area contributed by atoms with Gasteiger partial charge in [0.2, 0.25) is 0 Å². The van der Waals surface area contributed by atoms with Gasteiger partial charge in [-0.25, -0.2) is 0 Å². The van der Waals surface area contributed by atoms with Crippen LogP contribution in [0.2, 0.25) is 0 Å². The topological polar surface area (TPSA) is 12.0 Å². The van der Waals surface area contributed by atoms with Crippen LogP contribution in [0.3, 0.4) is 0 Å². The van der Waals surface area contributed by atoms with Crippen LogP contribution in [0.15, 0.2) is 24.3 Å². The quantitative estimate of drug-likeness (QED) is 0.685. The zero-order valence-corrected chi connectivity index (χ0v) is 10.2. The summed E-state index contributed by atoms with van der Waals surface area (Å²) in [5.41, 5.74) is 2.77. The average molecular weight is 205 g/mol. The van der Waals surface area contributed by atoms with Gasteiger partial charge in [-0.1, -0.05) is 38.0 Å². The van der Waals surface area contributed by atoms with Gasteiger partial charge in [0.1, 0.15) is 0 Å². The summed E-state index contributed by atoms with van der Waals surface area (Å²) in [6, 6.07) is 9.17. The normalized spacial score (nSPS) is 10.7. The lowest BCUT2D eigenvalue weighted by Crippen LogP contribution is -2.11. The molecule has 0 aromatic heterocycles. The molecule has 0 radical (unpaired) electrons. The van der Waals surface area contributed by atoms with E-state index in [0.29, 0.717) is 6.04 Å². The monoisotopic (exact) mass is 205 g/mol. The Kier molecular flexibility index (Phi) is 5.23. The molecule has 0 fully saturated rings. The predicted octanol–water partition coefficient (Wildman–Crippen LogP) is 4.24. The Morgan fingerprint density at radius 3 is 2.53 bits per heavy atom. The molecule has 0 spiro atoms. The van der Waals surface area contributed by atoms with E-state index in [2.05, 4.69) is 50.4 Å². The molecule has 1 rings (SSSR count). The lowest BCUT2D eigenvalue weighted by atomic mass is 10.0. The van der Waals surface area contributed by atoms with Crippen LogP contribution in [0.25, 0.3) is 0 Å². The second-order valence-electron chi connectivity index (χ2n) is 4.41. The Balaban J connectivity index is 2.60. The van der Waals surface area contributed by atoms with Crippen LogP contribution < -0.4 is 5.32 Å². The first kappa shape index (κ1) is 12.1. The number of hydrogen-bond donors (Lipinski definition) is 1. The van der Waals surface area contributed by atoms with Crippen LogP contribution in [-0.2, 0) is 6.42 Å². The van der Waals surface area contributed by atoms with Gasteiger partial charge in [0.05, 0.1) is 0 Å². The first-order valence-corrected chi connectivity index (χ1v) is 6.08. The van der Waals surface area contributed by atoms with E-state index in [9.17, 15) is 0 Å². The highest BCUT2D eigenvalue weighted by molar-refractivity contribution is 5.51. The van der Waals surface area contributed by atoms with Crippen LogP contribution >= 0.6 is 0 Å². The molecule has 1 nitrogen and oxygen atoms in total. The SMILES string of the molecule is CCCCCc1ccccc1NC(C)C. The van der Waals surface area contributed by atoms with Crippen molar-refractivity contribution in [1.29, 1.82) is 0 Å². The van der Waals surface area contributed by atoms with Crippen molar-refractivity contribution in [2.24, 2.45) is 0 Å². The highest BCUT2D eigenvalue weighted by Crippen LogP contribution is 2.18. The molecule has 84 valence electrons. The summed E-state index contributed by atoms with van der Waals surface area (Å²) in [7, 11) is 0. The van der Waals surface area contributed by atoms with Crippen LogP contribution in [0.4, 0.5) is 5.69 Å². The molecule has 0 saturated heterocycles. The lowest BCUT2D eigenvalue weighted by Gasteiger charge is -2.14. The van der Waals surface area contributed by atoms with Crippen LogP contribution in [0.5, 0.6) is 0 Å². The number of anilines is 1. The molecule has 15 heavy (non-hydrogen) atoms. The van der Waals surface area contributed by atoms with Gasteiger partial charge in [0.25, 0.3) is 0 Å². The Bertz CT molecular complexity index is 278. The summed E-state index contributed by atoms with van der Waals surface area (Å²) >= 11 is 0. The van der Waals surface area contributed by atoms with Crippen molar-refractivity contribution in [3.8, 4) is 0 Å². The number of hydrogen-bond acceptors (Lipinski definition) is 1. The van der Waals surface area contributed by atoms with E-state index in [1.165, 1.54) is 36.9 Å². The zero-order valence-electron chi connectivity index (χ0n) is 10.2. The van der Waals surface area contributed by atoms with Crippen LogP contribution in [0.1, 0.15) is 45.6 Å². The molecule has 0 amide bonds. The summed E-state index contributed by atoms with van der Waals surface area (Å²) in [5.74, 6) is 0. The van der Waals surface area contributed by atoms with E-state index in [0.717, 1.165) is 0 Å². The molecule has 0 aliphatic heterocycles. The molecule has 0 atom stereocenters. The number of rotatable bonds is 6. The van der Waals surface area contributed by atoms with E-state index in [1.54, 1.807) is 0 Å². The molecule has 1 N–H and O–H groups in total. The van der Waals surface area contributed by atoms with E-state index < -0.39 is 0 Å². The smallest absolute Gasteiger partial charge is 0.0374 e. The minimum absolute atomic E-state index is 0.511. The summed E-state index contributed by atoms with van der Waals surface area (Å²) in [6.07, 6.45) is 5.12. The maximum atomic E-state index is 3.50. The third-order valence-electron chi connectivity index (χ3n) is 2.51. The van der Waals surface area contributed by atoms with Gasteiger partial charge in [-0.2, -0.15) is 0 Å². The van der Waals surface area contributed by atoms with Crippen molar-refractivity contribution in [3.05, 3.63) is 29.8 Å². The Morgan fingerprint density at radius 1 is 1.13 bits per heavy atom. The largest absolute Gasteiger partial charge is 0.383 e. The minimum atomic E-state index is 0.511. The van der Waals surface area contributed by atoms with Gasteiger partial charge in [-0.05, 0) is 38.3 Å². The average Bonchev–Trinajstić information content (AvgIpc) is 2.20. The fraction of sp³-hybridized carbons (Fsp3) is 0.571. The Morgan fingerprint density at radius 2 is 1.87 bits per heavy atom. The number of aryl methyl sites for hydroxylation is 1. The van der Waals surface area contributed by atoms with Crippen molar-refractivity contribution < 1.29 is 0 Å². The fourth-order valence-electron chi connectivity index (χ4n) is 1.76. The van der Waals surface area contributed by atoms with Gasteiger partial charge >= 0.3 is 0 Å². The fourth-order valence-corrected chi connectivity index (χ4v) is 1.76. The van der Waals surface area contributed by atoms with Crippen molar-refractivity contribution in [1.82, 2.24) is 0 Å². The second kappa shape index (κ2) is 6.49. The Hall–Kier alpha value is -0.980. The Labute approximate surface area is 93.9 Å². The maximum Gasteiger partial charge on any atom is 0.0374 e. The number of unbranched alkanes of at least 4 members (excludes halogenated alkanes) is 2. The molecule has 0 heterocycles. The minimum Gasteiger partial charge on any atom is -0.383 e. The summed E-state index contributed by atoms with van der Waals surface area (Å²) in [5, 5.41) is 3.50. The second-order valence-corrected chi connectivity index (χ2v) is 4.41. The zero-order chi connectivity index (χ0) is 11.1. The van der Waals surface area contributed by atoms with Crippen molar-refractivity contribution >= 4 is 5.69 Å². The number of para-hydroxylation sites is 1. The highest BCUT2D eigenvalue weighted by Gasteiger charge is 2.01. The van der Waals surface area contributed by atoms with E-state index in [4.69, 9.17) is 0 Å². The van der Waals surface area contributed by atoms with Gasteiger partial charge in [-0.15, -0.1) is 0 Å². The van der Waals surface area contributed by atoms with E-state index >= 15 is 0 Å². The molecule has 1 aromatic carbocycles. The number of benzene rings is 1. The number of nitrogens with one attached hydrogen (secondary N) is 1. The lowest BCUT2D eigenvalue weighted by molar-refractivity contribution is 0.717. The molecule has 0 saturated carbocycles. The standard InChI is InChI=1S/C14H23N/c1-4-5-6-9-13-10-7-8-11-14(13)15-12(2)3/h7-8,10-12,15H,4-6,9H2,1-3H3. The van der Waals surface area contributed by atoms with Gasteiger partial charge in [0.15, 0.2) is 0 Å². The van der Waals surface area contributed by atoms with Gasteiger partial charge < -0.3 is 5.32 Å². The molecule has 0 aliphatic carbocycles. The van der Waals surface area contributed by atoms with Crippen LogP contribution in [-0.4, -0.2) is 6.04 Å². The molecular formula is C14H23N. The van der Waals surface area contributed by atoms with Crippen molar-refractivity contribution in [2.75, 3.05) is 5.32 Å². The first-order valence-electron chi connectivity index (χ1n) is 6.08. The van der Waals surface area contributed by atoms with Crippen molar-refractivity contribution in [3.63, 3.8) is 0 Å². The summed E-state index contributed by atoms with van der Waals surface area (Å²) in [6.45, 7) is 6.61. The molecule has 0 bridgehead atoms. The van der Waals surface area contributed by atoms with Crippen LogP contribution in [0, 0.1) is 0 Å². The molecular weight excluding hydrogens is 182 g/mol. The van der Waals surface area contributed by atoms with E-state index in [-0.39, 0.29) is 0 Å². The summed E-state index contributed by atoms with van der Waals surface area (Å²) in [4.78, 5) is 0. The molecule has 0 aliphatic rings. The predicted molar refractivity (Wildman–Crippen MR) is 68.4 cm³/mol. The highest BCUT2D eigenvalue weighted by atomic mass is 14.9. The van der Waals surface area contributed by atoms with E-state index in [1.807, 2.05) is 0 Å². The van der Waals surface area contributed by atoms with Gasteiger partial charge in [0, 0.05) is 11.7 Å². The van der Waals surface area contributed by atoms with Gasteiger partial charge in [-0.3, -0.25) is 0 Å². The molecule has 1 aromatic rings. The van der Waals surface area contributed by atoms with Crippen molar-refractivity contribution in [2.45, 2.75) is 52.5 Å². The molecule has 1 heteroatoms. The third-order valence-corrected chi connectivity index (χ3v) is 2.51. The summed E-state index contributed by atoms with van der Waals surface area (Å²) < 4.78 is 0. The maximum absolute atomic E-state index is 3.50.